The number of para-hydroxylation sites is 1. The van der Waals surface area contributed by atoms with Crippen molar-refractivity contribution in [2.75, 3.05) is 7.05 Å². The zero-order valence-electron chi connectivity index (χ0n) is 17.7. The summed E-state index contributed by atoms with van der Waals surface area (Å²) in [6.07, 6.45) is 2.13. The van der Waals surface area contributed by atoms with Crippen molar-refractivity contribution >= 4 is 11.0 Å². The number of benzene rings is 2. The Morgan fingerprint density at radius 3 is 2.58 bits per heavy atom. The monoisotopic (exact) mass is 411 g/mol. The molecule has 0 unspecified atom stereocenters. The Morgan fingerprint density at radius 2 is 1.81 bits per heavy atom. The molecule has 5 aromatic rings. The highest BCUT2D eigenvalue weighted by Gasteiger charge is 2.17. The van der Waals surface area contributed by atoms with Crippen LogP contribution in [0.1, 0.15) is 22.5 Å². The molecule has 6 heteroatoms. The second kappa shape index (κ2) is 8.24. The number of nitrogens with one attached hydrogen (secondary N) is 1. The van der Waals surface area contributed by atoms with E-state index < -0.39 is 0 Å². The summed E-state index contributed by atoms with van der Waals surface area (Å²) in [5, 5.41) is 13.4. The standard InChI is InChI=1S/C25H25N5O/c1-18-12-22(27-26-18)17-29(2)15-21-16-30(14-19-8-4-3-5-9-19)28-25(21)24-13-20-10-6-7-11-23(20)31-24/h3-13,16H,14-15,17H2,1-2H3,(H,26,27). The van der Waals surface area contributed by atoms with Crippen LogP contribution < -0.4 is 0 Å². The van der Waals surface area contributed by atoms with Gasteiger partial charge in [-0.05, 0) is 37.7 Å². The van der Waals surface area contributed by atoms with Crippen LogP contribution in [0.3, 0.4) is 0 Å². The number of aryl methyl sites for hydroxylation is 1. The number of hydrogen-bond donors (Lipinski definition) is 1. The highest BCUT2D eigenvalue weighted by atomic mass is 16.3. The van der Waals surface area contributed by atoms with Crippen molar-refractivity contribution in [2.45, 2.75) is 26.6 Å². The fraction of sp³-hybridized carbons (Fsp3) is 0.200. The zero-order valence-corrected chi connectivity index (χ0v) is 17.7. The topological polar surface area (TPSA) is 62.9 Å². The van der Waals surface area contributed by atoms with Gasteiger partial charge in [-0.1, -0.05) is 48.5 Å². The molecule has 0 radical (unpaired) electrons. The molecule has 156 valence electrons. The summed E-state index contributed by atoms with van der Waals surface area (Å²) < 4.78 is 8.15. The Bertz CT molecular complexity index is 1260. The van der Waals surface area contributed by atoms with Crippen molar-refractivity contribution < 1.29 is 4.42 Å². The van der Waals surface area contributed by atoms with Gasteiger partial charge < -0.3 is 4.42 Å². The minimum absolute atomic E-state index is 0.719. The summed E-state index contributed by atoms with van der Waals surface area (Å²) in [7, 11) is 2.10. The molecule has 31 heavy (non-hydrogen) atoms. The largest absolute Gasteiger partial charge is 0.454 e. The molecule has 3 heterocycles. The predicted molar refractivity (Wildman–Crippen MR) is 121 cm³/mol. The van der Waals surface area contributed by atoms with E-state index in [1.54, 1.807) is 0 Å². The van der Waals surface area contributed by atoms with Gasteiger partial charge in [0.1, 0.15) is 11.3 Å². The lowest BCUT2D eigenvalue weighted by Crippen LogP contribution is -2.17. The van der Waals surface area contributed by atoms with Gasteiger partial charge in [-0.15, -0.1) is 0 Å². The van der Waals surface area contributed by atoms with Gasteiger partial charge >= 0.3 is 0 Å². The van der Waals surface area contributed by atoms with Crippen molar-refractivity contribution in [3.63, 3.8) is 0 Å². The van der Waals surface area contributed by atoms with Gasteiger partial charge in [0.2, 0.25) is 0 Å². The maximum absolute atomic E-state index is 6.15. The van der Waals surface area contributed by atoms with Gasteiger partial charge in [0.25, 0.3) is 0 Å². The maximum Gasteiger partial charge on any atom is 0.156 e. The molecule has 0 amide bonds. The van der Waals surface area contributed by atoms with Crippen LogP contribution in [0.15, 0.2) is 77.3 Å². The first-order valence-corrected chi connectivity index (χ1v) is 10.4. The van der Waals surface area contributed by atoms with Crippen LogP contribution in [0.4, 0.5) is 0 Å². The molecule has 6 nitrogen and oxygen atoms in total. The van der Waals surface area contributed by atoms with Gasteiger partial charge in [-0.2, -0.15) is 10.2 Å². The molecule has 3 aromatic heterocycles. The lowest BCUT2D eigenvalue weighted by molar-refractivity contribution is 0.315. The van der Waals surface area contributed by atoms with Crippen LogP contribution in [-0.2, 0) is 19.6 Å². The van der Waals surface area contributed by atoms with Gasteiger partial charge in [-0.3, -0.25) is 14.7 Å². The quantitative estimate of drug-likeness (QED) is 0.409. The van der Waals surface area contributed by atoms with E-state index in [-0.39, 0.29) is 0 Å². The molecule has 0 aliphatic rings. The lowest BCUT2D eigenvalue weighted by Gasteiger charge is -2.14. The molecular weight excluding hydrogens is 386 g/mol. The number of rotatable bonds is 7. The number of furan rings is 1. The Hall–Kier alpha value is -3.64. The van der Waals surface area contributed by atoms with Gasteiger partial charge in [0, 0.05) is 35.9 Å². The van der Waals surface area contributed by atoms with E-state index in [0.717, 1.165) is 59.0 Å². The van der Waals surface area contributed by atoms with Crippen molar-refractivity contribution in [2.24, 2.45) is 0 Å². The fourth-order valence-electron chi connectivity index (χ4n) is 3.91. The molecule has 1 N–H and O–H groups in total. The van der Waals surface area contributed by atoms with E-state index in [1.165, 1.54) is 5.56 Å². The third-order valence-electron chi connectivity index (χ3n) is 5.31. The van der Waals surface area contributed by atoms with E-state index in [1.807, 2.05) is 35.9 Å². The molecule has 0 saturated heterocycles. The van der Waals surface area contributed by atoms with E-state index in [4.69, 9.17) is 9.52 Å². The van der Waals surface area contributed by atoms with E-state index in [0.29, 0.717) is 0 Å². The van der Waals surface area contributed by atoms with Crippen molar-refractivity contribution in [1.82, 2.24) is 24.9 Å². The second-order valence-corrected chi connectivity index (χ2v) is 8.05. The first-order valence-electron chi connectivity index (χ1n) is 10.4. The minimum atomic E-state index is 0.719. The van der Waals surface area contributed by atoms with Gasteiger partial charge in [0.15, 0.2) is 5.76 Å². The highest BCUT2D eigenvalue weighted by molar-refractivity contribution is 5.82. The normalized spacial score (nSPS) is 11.6. The van der Waals surface area contributed by atoms with Crippen LogP contribution in [-0.4, -0.2) is 31.9 Å². The molecule has 2 aromatic carbocycles. The van der Waals surface area contributed by atoms with E-state index >= 15 is 0 Å². The molecule has 0 saturated carbocycles. The number of aromatic nitrogens is 4. The second-order valence-electron chi connectivity index (χ2n) is 8.05. The minimum Gasteiger partial charge on any atom is -0.454 e. The van der Waals surface area contributed by atoms with Crippen molar-refractivity contribution in [3.8, 4) is 11.5 Å². The predicted octanol–water partition coefficient (Wildman–Crippen LogP) is 5.01. The third-order valence-corrected chi connectivity index (χ3v) is 5.31. The average molecular weight is 412 g/mol. The van der Waals surface area contributed by atoms with Crippen LogP contribution in [0.25, 0.3) is 22.4 Å². The number of fused-ring (bicyclic) bond motifs is 1. The van der Waals surface area contributed by atoms with Gasteiger partial charge in [0.05, 0.1) is 12.2 Å². The number of H-pyrrole nitrogens is 1. The summed E-state index contributed by atoms with van der Waals surface area (Å²) in [4.78, 5) is 2.24. The third kappa shape index (κ3) is 4.29. The first-order chi connectivity index (χ1) is 15.1. The Kier molecular flexibility index (Phi) is 5.14. The van der Waals surface area contributed by atoms with E-state index in [2.05, 4.69) is 70.8 Å². The lowest BCUT2D eigenvalue weighted by atomic mass is 10.2. The summed E-state index contributed by atoms with van der Waals surface area (Å²) in [6, 6.07) is 22.6. The molecule has 5 rings (SSSR count). The number of nitrogens with zero attached hydrogens (tertiary/aromatic N) is 4. The first kappa shape index (κ1) is 19.3. The average Bonchev–Trinajstić information content (AvgIpc) is 3.47. The molecule has 0 atom stereocenters. The van der Waals surface area contributed by atoms with Crippen molar-refractivity contribution in [3.05, 3.63) is 95.4 Å². The Labute approximate surface area is 181 Å². The van der Waals surface area contributed by atoms with E-state index in [9.17, 15) is 0 Å². The zero-order chi connectivity index (χ0) is 21.2. The Morgan fingerprint density at radius 1 is 1.00 bits per heavy atom. The molecule has 0 fully saturated rings. The summed E-state index contributed by atoms with van der Waals surface area (Å²) in [5.41, 5.74) is 6.21. The highest BCUT2D eigenvalue weighted by Crippen LogP contribution is 2.30. The van der Waals surface area contributed by atoms with Crippen LogP contribution in [0.2, 0.25) is 0 Å². The van der Waals surface area contributed by atoms with Crippen LogP contribution in [0, 0.1) is 6.92 Å². The summed E-state index contributed by atoms with van der Waals surface area (Å²) in [6.45, 7) is 4.24. The van der Waals surface area contributed by atoms with Crippen LogP contribution in [0.5, 0.6) is 0 Å². The maximum atomic E-state index is 6.15. The fourth-order valence-corrected chi connectivity index (χ4v) is 3.91. The van der Waals surface area contributed by atoms with Gasteiger partial charge in [-0.25, -0.2) is 0 Å². The molecule has 0 spiro atoms. The smallest absolute Gasteiger partial charge is 0.156 e. The number of aromatic amines is 1. The Balaban J connectivity index is 1.46. The number of hydrogen-bond acceptors (Lipinski definition) is 4. The summed E-state index contributed by atoms with van der Waals surface area (Å²) in [5.74, 6) is 0.798. The SMILES string of the molecule is Cc1cc(CN(C)Cc2cn(Cc3ccccc3)nc2-c2cc3ccccc3o2)n[nH]1. The molecule has 0 bridgehead atoms. The molecule has 0 aliphatic carbocycles. The van der Waals surface area contributed by atoms with Crippen molar-refractivity contribution in [1.29, 1.82) is 0 Å². The summed E-state index contributed by atoms with van der Waals surface area (Å²) >= 11 is 0. The molecule has 0 aliphatic heterocycles. The molecular formula is C25H25N5O. The van der Waals surface area contributed by atoms with Crippen LogP contribution >= 0.6 is 0 Å².